The molecule has 1 aliphatic rings. The summed E-state index contributed by atoms with van der Waals surface area (Å²) in [6.45, 7) is 4.99. The van der Waals surface area contributed by atoms with Gasteiger partial charge in [0.15, 0.2) is 0 Å². The van der Waals surface area contributed by atoms with Gasteiger partial charge < -0.3 is 5.11 Å². The van der Waals surface area contributed by atoms with Crippen molar-refractivity contribution in [3.05, 3.63) is 29.6 Å². The zero-order valence-electron chi connectivity index (χ0n) is 10.8. The fourth-order valence-electron chi connectivity index (χ4n) is 2.52. The molecule has 2 heterocycles. The van der Waals surface area contributed by atoms with E-state index >= 15 is 0 Å². The molecule has 18 heavy (non-hydrogen) atoms. The first kappa shape index (κ1) is 13.0. The largest absolute Gasteiger partial charge is 0.478 e. The van der Waals surface area contributed by atoms with Crippen LogP contribution >= 0.6 is 0 Å². The number of hydrogen-bond donors (Lipinski definition) is 1. The van der Waals surface area contributed by atoms with Crippen molar-refractivity contribution in [1.29, 1.82) is 0 Å². The SMILES string of the molecule is CCC1CCN(Cc2ncccc2C(=O)O)CC1. The Morgan fingerprint density at radius 2 is 2.22 bits per heavy atom. The van der Waals surface area contributed by atoms with Crippen LogP contribution in [0.1, 0.15) is 42.2 Å². The third-order valence-corrected chi connectivity index (χ3v) is 3.78. The summed E-state index contributed by atoms with van der Waals surface area (Å²) in [5.74, 6) is -0.0505. The van der Waals surface area contributed by atoms with E-state index in [1.165, 1.54) is 19.3 Å². The number of nitrogens with zero attached hydrogens (tertiary/aromatic N) is 2. The lowest BCUT2D eigenvalue weighted by Crippen LogP contribution is -2.33. The molecule has 0 radical (unpaired) electrons. The Labute approximate surface area is 108 Å². The molecular formula is C14H20N2O2. The molecule has 1 N–H and O–H groups in total. The Hall–Kier alpha value is -1.42. The van der Waals surface area contributed by atoms with Crippen molar-refractivity contribution in [1.82, 2.24) is 9.88 Å². The normalized spacial score (nSPS) is 17.8. The van der Waals surface area contributed by atoms with Gasteiger partial charge in [0.25, 0.3) is 0 Å². The number of aromatic carboxylic acids is 1. The van der Waals surface area contributed by atoms with Crippen LogP contribution < -0.4 is 0 Å². The molecule has 4 nitrogen and oxygen atoms in total. The number of aromatic nitrogens is 1. The van der Waals surface area contributed by atoms with Crippen molar-refractivity contribution in [3.63, 3.8) is 0 Å². The van der Waals surface area contributed by atoms with Gasteiger partial charge in [-0.3, -0.25) is 9.88 Å². The number of carboxylic acid groups (broad SMARTS) is 1. The lowest BCUT2D eigenvalue weighted by atomic mass is 9.94. The monoisotopic (exact) mass is 248 g/mol. The van der Waals surface area contributed by atoms with Gasteiger partial charge >= 0.3 is 5.97 Å². The molecule has 1 saturated heterocycles. The van der Waals surface area contributed by atoms with Gasteiger partial charge in [0.05, 0.1) is 11.3 Å². The first-order chi connectivity index (χ1) is 8.70. The lowest BCUT2D eigenvalue weighted by molar-refractivity contribution is 0.0693. The Bertz CT molecular complexity index is 412. The molecule has 0 aliphatic carbocycles. The zero-order chi connectivity index (χ0) is 13.0. The summed E-state index contributed by atoms with van der Waals surface area (Å²) in [6, 6.07) is 3.31. The smallest absolute Gasteiger partial charge is 0.337 e. The lowest BCUT2D eigenvalue weighted by Gasteiger charge is -2.31. The highest BCUT2D eigenvalue weighted by Crippen LogP contribution is 2.21. The van der Waals surface area contributed by atoms with Crippen molar-refractivity contribution < 1.29 is 9.90 Å². The van der Waals surface area contributed by atoms with Gasteiger partial charge in [-0.15, -0.1) is 0 Å². The Balaban J connectivity index is 2.00. The van der Waals surface area contributed by atoms with Crippen LogP contribution in [0.5, 0.6) is 0 Å². The van der Waals surface area contributed by atoms with Gasteiger partial charge in [-0.1, -0.05) is 13.3 Å². The molecule has 1 aromatic heterocycles. The highest BCUT2D eigenvalue weighted by atomic mass is 16.4. The van der Waals surface area contributed by atoms with E-state index in [0.717, 1.165) is 19.0 Å². The van der Waals surface area contributed by atoms with Crippen molar-refractivity contribution >= 4 is 5.97 Å². The summed E-state index contributed by atoms with van der Waals surface area (Å²) >= 11 is 0. The molecule has 0 bridgehead atoms. The highest BCUT2D eigenvalue weighted by Gasteiger charge is 2.20. The van der Waals surface area contributed by atoms with Crippen LogP contribution in [0.15, 0.2) is 18.3 Å². The topological polar surface area (TPSA) is 53.4 Å². The van der Waals surface area contributed by atoms with E-state index in [9.17, 15) is 4.79 Å². The molecule has 0 atom stereocenters. The summed E-state index contributed by atoms with van der Waals surface area (Å²) in [7, 11) is 0. The van der Waals surface area contributed by atoms with Gasteiger partial charge in [0, 0.05) is 12.7 Å². The number of pyridine rings is 1. The maximum atomic E-state index is 11.1. The molecule has 1 aromatic rings. The number of hydrogen-bond acceptors (Lipinski definition) is 3. The van der Waals surface area contributed by atoms with Crippen LogP contribution in [-0.4, -0.2) is 34.0 Å². The second-order valence-electron chi connectivity index (χ2n) is 4.93. The van der Waals surface area contributed by atoms with Crippen LogP contribution in [0.3, 0.4) is 0 Å². The minimum absolute atomic E-state index is 0.329. The summed E-state index contributed by atoms with van der Waals surface area (Å²) in [6.07, 6.45) is 5.34. The average molecular weight is 248 g/mol. The predicted molar refractivity (Wildman–Crippen MR) is 69.5 cm³/mol. The number of likely N-dealkylation sites (tertiary alicyclic amines) is 1. The van der Waals surface area contributed by atoms with Gasteiger partial charge in [0.2, 0.25) is 0 Å². The van der Waals surface area contributed by atoms with Crippen molar-refractivity contribution in [3.8, 4) is 0 Å². The quantitative estimate of drug-likeness (QED) is 0.889. The number of carboxylic acids is 1. The zero-order valence-corrected chi connectivity index (χ0v) is 10.8. The molecule has 98 valence electrons. The second-order valence-corrected chi connectivity index (χ2v) is 4.93. The van der Waals surface area contributed by atoms with Crippen LogP contribution in [0.4, 0.5) is 0 Å². The van der Waals surface area contributed by atoms with E-state index in [2.05, 4.69) is 16.8 Å². The van der Waals surface area contributed by atoms with Gasteiger partial charge in [-0.2, -0.15) is 0 Å². The highest BCUT2D eigenvalue weighted by molar-refractivity contribution is 5.88. The van der Waals surface area contributed by atoms with Crippen LogP contribution in [0.25, 0.3) is 0 Å². The van der Waals surface area contributed by atoms with E-state index in [-0.39, 0.29) is 0 Å². The van der Waals surface area contributed by atoms with E-state index in [1.807, 2.05) is 0 Å². The molecule has 2 rings (SSSR count). The maximum Gasteiger partial charge on any atom is 0.337 e. The molecule has 1 aliphatic heterocycles. The van der Waals surface area contributed by atoms with Crippen molar-refractivity contribution in [2.45, 2.75) is 32.7 Å². The summed E-state index contributed by atoms with van der Waals surface area (Å²) in [4.78, 5) is 17.6. The van der Waals surface area contributed by atoms with Gasteiger partial charge in [0.1, 0.15) is 0 Å². The predicted octanol–water partition coefficient (Wildman–Crippen LogP) is 2.40. The van der Waals surface area contributed by atoms with E-state index < -0.39 is 5.97 Å². The molecule has 0 saturated carbocycles. The Morgan fingerprint density at radius 1 is 1.50 bits per heavy atom. The molecule has 0 unspecified atom stereocenters. The van der Waals surface area contributed by atoms with Crippen LogP contribution in [0, 0.1) is 5.92 Å². The Kier molecular flexibility index (Phi) is 4.31. The first-order valence-corrected chi connectivity index (χ1v) is 6.60. The molecule has 0 aromatic carbocycles. The third kappa shape index (κ3) is 3.07. The van der Waals surface area contributed by atoms with Crippen LogP contribution in [0.2, 0.25) is 0 Å². The van der Waals surface area contributed by atoms with Crippen molar-refractivity contribution in [2.75, 3.05) is 13.1 Å². The molecule has 0 spiro atoms. The van der Waals surface area contributed by atoms with Gasteiger partial charge in [-0.25, -0.2) is 4.79 Å². The number of carbonyl (C=O) groups is 1. The average Bonchev–Trinajstić information content (AvgIpc) is 2.40. The maximum absolute atomic E-state index is 11.1. The van der Waals surface area contributed by atoms with Crippen LogP contribution in [-0.2, 0) is 6.54 Å². The second kappa shape index (κ2) is 5.96. The van der Waals surface area contributed by atoms with E-state index in [4.69, 9.17) is 5.11 Å². The van der Waals surface area contributed by atoms with Crippen molar-refractivity contribution in [2.24, 2.45) is 5.92 Å². The number of piperidine rings is 1. The minimum Gasteiger partial charge on any atom is -0.478 e. The summed E-state index contributed by atoms with van der Waals surface area (Å²) in [5, 5.41) is 9.12. The minimum atomic E-state index is -0.887. The molecule has 1 fully saturated rings. The third-order valence-electron chi connectivity index (χ3n) is 3.78. The number of rotatable bonds is 4. The molecule has 4 heteroatoms. The first-order valence-electron chi connectivity index (χ1n) is 6.60. The van der Waals surface area contributed by atoms with E-state index in [1.54, 1.807) is 18.3 Å². The van der Waals surface area contributed by atoms with Gasteiger partial charge in [-0.05, 0) is 44.0 Å². The Morgan fingerprint density at radius 3 is 2.83 bits per heavy atom. The molecular weight excluding hydrogens is 228 g/mol. The summed E-state index contributed by atoms with van der Waals surface area (Å²) < 4.78 is 0. The molecule has 0 amide bonds. The fourth-order valence-corrected chi connectivity index (χ4v) is 2.52. The fraction of sp³-hybridized carbons (Fsp3) is 0.571. The summed E-state index contributed by atoms with van der Waals surface area (Å²) in [5.41, 5.74) is 1.01. The standard InChI is InChI=1S/C14H20N2O2/c1-2-11-5-8-16(9-6-11)10-13-12(14(17)18)4-3-7-15-13/h3-4,7,11H,2,5-6,8-10H2,1H3,(H,17,18). The van der Waals surface area contributed by atoms with E-state index in [0.29, 0.717) is 17.8 Å².